The van der Waals surface area contributed by atoms with Gasteiger partial charge in [0.1, 0.15) is 11.7 Å². The normalized spacial score (nSPS) is 12.6. The minimum atomic E-state index is -0.335. The van der Waals surface area contributed by atoms with Crippen LogP contribution in [0.4, 0.5) is 0 Å². The molecule has 0 spiro atoms. The van der Waals surface area contributed by atoms with Gasteiger partial charge in [-0.05, 0) is 14.1 Å². The molecule has 21 heavy (non-hydrogen) atoms. The second-order valence-corrected chi connectivity index (χ2v) is 4.85. The maximum atomic E-state index is 5.72. The van der Waals surface area contributed by atoms with Gasteiger partial charge in [0.05, 0.1) is 31.7 Å². The van der Waals surface area contributed by atoms with Crippen molar-refractivity contribution in [2.75, 3.05) is 27.7 Å². The highest BCUT2D eigenvalue weighted by Gasteiger charge is 2.24. The van der Waals surface area contributed by atoms with E-state index in [1.165, 1.54) is 0 Å². The molecule has 0 saturated heterocycles. The van der Waals surface area contributed by atoms with E-state index in [1.54, 1.807) is 31.9 Å². The topological polar surface area (TPSA) is 94.1 Å². The zero-order valence-electron chi connectivity index (χ0n) is 12.5. The minimum absolute atomic E-state index is 0.335. The third-order valence-corrected chi connectivity index (χ3v) is 3.14. The molecule has 3 N–H and O–H groups in total. The number of ether oxygens (including phenoxy) is 1. The predicted octanol–water partition coefficient (Wildman–Crippen LogP) is -0.204. The summed E-state index contributed by atoms with van der Waals surface area (Å²) in [6.07, 6.45) is 6.61. The van der Waals surface area contributed by atoms with Crippen LogP contribution >= 0.6 is 0 Å². The number of nitrogens with two attached hydrogens (primary N) is 1. The average Bonchev–Trinajstić information content (AvgIpc) is 2.90. The molecular formula is C13H21N7O. The third-order valence-electron chi connectivity index (χ3n) is 3.14. The first-order valence-corrected chi connectivity index (χ1v) is 6.63. The number of nitrogens with one attached hydrogen (secondary N) is 1. The predicted molar refractivity (Wildman–Crippen MR) is 78.5 cm³/mol. The van der Waals surface area contributed by atoms with Crippen LogP contribution in [-0.2, 0) is 6.54 Å². The van der Waals surface area contributed by atoms with E-state index in [1.807, 2.05) is 18.8 Å². The smallest absolute Gasteiger partial charge is 0.162 e. The van der Waals surface area contributed by atoms with E-state index in [2.05, 4.69) is 25.4 Å². The number of methoxy groups -OCH3 is 1. The van der Waals surface area contributed by atoms with Gasteiger partial charge in [-0.3, -0.25) is 20.5 Å². The Labute approximate surface area is 123 Å². The van der Waals surface area contributed by atoms with E-state index in [-0.39, 0.29) is 6.04 Å². The lowest BCUT2D eigenvalue weighted by Gasteiger charge is -2.19. The van der Waals surface area contributed by atoms with E-state index < -0.39 is 0 Å². The molecule has 0 fully saturated rings. The second kappa shape index (κ2) is 7.11. The van der Waals surface area contributed by atoms with E-state index >= 15 is 0 Å². The molecule has 1 atom stereocenters. The van der Waals surface area contributed by atoms with Gasteiger partial charge in [0.2, 0.25) is 0 Å². The van der Waals surface area contributed by atoms with Gasteiger partial charge in [-0.2, -0.15) is 5.10 Å². The molecule has 0 aliphatic heterocycles. The van der Waals surface area contributed by atoms with Crippen molar-refractivity contribution in [1.82, 2.24) is 30.1 Å². The lowest BCUT2D eigenvalue weighted by atomic mass is 10.1. The van der Waals surface area contributed by atoms with E-state index in [0.717, 1.165) is 18.8 Å². The molecule has 0 aliphatic carbocycles. The van der Waals surface area contributed by atoms with Crippen molar-refractivity contribution < 1.29 is 4.74 Å². The van der Waals surface area contributed by atoms with Crippen molar-refractivity contribution in [2.24, 2.45) is 5.84 Å². The lowest BCUT2D eigenvalue weighted by molar-refractivity contribution is 0.359. The number of rotatable bonds is 7. The summed E-state index contributed by atoms with van der Waals surface area (Å²) in [5, 5.41) is 4.37. The summed E-state index contributed by atoms with van der Waals surface area (Å²) in [7, 11) is 5.64. The molecule has 0 bridgehead atoms. The number of hydrazine groups is 1. The third kappa shape index (κ3) is 3.54. The number of hydrogen-bond acceptors (Lipinski definition) is 7. The summed E-state index contributed by atoms with van der Waals surface area (Å²) in [6.45, 7) is 1.58. The minimum Gasteiger partial charge on any atom is -0.493 e. The first-order chi connectivity index (χ1) is 10.2. The van der Waals surface area contributed by atoms with Crippen molar-refractivity contribution in [3.63, 3.8) is 0 Å². The fourth-order valence-electron chi connectivity index (χ4n) is 2.06. The molecular weight excluding hydrogens is 270 g/mol. The fraction of sp³-hybridized carbons (Fsp3) is 0.462. The highest BCUT2D eigenvalue weighted by Crippen LogP contribution is 2.28. The van der Waals surface area contributed by atoms with Crippen LogP contribution < -0.4 is 16.0 Å². The average molecular weight is 291 g/mol. The summed E-state index contributed by atoms with van der Waals surface area (Å²) < 4.78 is 7.27. The summed E-state index contributed by atoms with van der Waals surface area (Å²) in [6, 6.07) is -0.335. The molecule has 2 heterocycles. The molecule has 0 aliphatic rings. The van der Waals surface area contributed by atoms with Crippen molar-refractivity contribution in [3.05, 3.63) is 36.2 Å². The number of nitrogens with zero attached hydrogens (tertiary/aromatic N) is 5. The summed E-state index contributed by atoms with van der Waals surface area (Å²) in [4.78, 5) is 10.5. The Hall–Kier alpha value is -2.03. The first-order valence-electron chi connectivity index (χ1n) is 6.63. The maximum Gasteiger partial charge on any atom is 0.162 e. The molecule has 0 amide bonds. The van der Waals surface area contributed by atoms with Crippen molar-refractivity contribution in [1.29, 1.82) is 0 Å². The van der Waals surface area contributed by atoms with Crippen LogP contribution in [-0.4, -0.2) is 52.4 Å². The molecule has 0 saturated carbocycles. The van der Waals surface area contributed by atoms with Crippen LogP contribution in [0.3, 0.4) is 0 Å². The van der Waals surface area contributed by atoms with E-state index in [9.17, 15) is 0 Å². The van der Waals surface area contributed by atoms with Crippen LogP contribution in [0.25, 0.3) is 0 Å². The SMILES string of the molecule is COc1cnn(CCN(C)C)c1C(NN)c1cnccn1. The summed E-state index contributed by atoms with van der Waals surface area (Å²) >= 11 is 0. The van der Waals surface area contributed by atoms with E-state index in [0.29, 0.717) is 11.4 Å². The second-order valence-electron chi connectivity index (χ2n) is 4.85. The largest absolute Gasteiger partial charge is 0.493 e. The summed E-state index contributed by atoms with van der Waals surface area (Å²) in [5.74, 6) is 6.39. The van der Waals surface area contributed by atoms with Crippen molar-refractivity contribution >= 4 is 0 Å². The maximum absolute atomic E-state index is 5.72. The van der Waals surface area contributed by atoms with Gasteiger partial charge in [0, 0.05) is 18.9 Å². The highest BCUT2D eigenvalue weighted by molar-refractivity contribution is 5.33. The van der Waals surface area contributed by atoms with Gasteiger partial charge >= 0.3 is 0 Å². The lowest BCUT2D eigenvalue weighted by Crippen LogP contribution is -2.32. The molecule has 2 aromatic heterocycles. The number of aromatic nitrogens is 4. The molecule has 2 rings (SSSR count). The molecule has 1 unspecified atom stereocenters. The zero-order valence-corrected chi connectivity index (χ0v) is 12.5. The van der Waals surface area contributed by atoms with Gasteiger partial charge in [-0.25, -0.2) is 5.43 Å². The Morgan fingerprint density at radius 1 is 1.38 bits per heavy atom. The summed E-state index contributed by atoms with van der Waals surface area (Å²) in [5.41, 5.74) is 4.31. The fourth-order valence-corrected chi connectivity index (χ4v) is 2.06. The highest BCUT2D eigenvalue weighted by atomic mass is 16.5. The Morgan fingerprint density at radius 3 is 2.76 bits per heavy atom. The van der Waals surface area contributed by atoms with E-state index in [4.69, 9.17) is 10.6 Å². The molecule has 8 heteroatoms. The van der Waals surface area contributed by atoms with Crippen molar-refractivity contribution in [2.45, 2.75) is 12.6 Å². The Balaban J connectivity index is 2.37. The van der Waals surface area contributed by atoms with Crippen molar-refractivity contribution in [3.8, 4) is 5.75 Å². The van der Waals surface area contributed by atoms with Gasteiger partial charge in [0.25, 0.3) is 0 Å². The van der Waals surface area contributed by atoms with Crippen LogP contribution in [0.15, 0.2) is 24.8 Å². The Morgan fingerprint density at radius 2 is 2.19 bits per heavy atom. The molecule has 0 aromatic carbocycles. The molecule has 8 nitrogen and oxygen atoms in total. The standard InChI is InChI=1S/C13H21N7O/c1-19(2)6-7-20-13(11(21-3)9-17-20)12(18-14)10-8-15-4-5-16-10/h4-5,8-9,12,18H,6-7,14H2,1-3H3. The monoisotopic (exact) mass is 291 g/mol. The molecule has 114 valence electrons. The Kier molecular flexibility index (Phi) is 5.20. The Bertz CT molecular complexity index is 555. The van der Waals surface area contributed by atoms with Gasteiger partial charge in [-0.1, -0.05) is 0 Å². The van der Waals surface area contributed by atoms with Gasteiger partial charge in [-0.15, -0.1) is 0 Å². The molecule has 2 aromatic rings. The molecule has 0 radical (unpaired) electrons. The van der Waals surface area contributed by atoms with Crippen LogP contribution in [0, 0.1) is 0 Å². The zero-order chi connectivity index (χ0) is 15.2. The quantitative estimate of drug-likeness (QED) is 0.538. The first kappa shape index (κ1) is 15.4. The van der Waals surface area contributed by atoms with Crippen LogP contribution in [0.5, 0.6) is 5.75 Å². The number of likely N-dealkylation sites (N-methyl/N-ethyl adjacent to an activating group) is 1. The van der Waals surface area contributed by atoms with Crippen LogP contribution in [0.1, 0.15) is 17.4 Å². The van der Waals surface area contributed by atoms with Gasteiger partial charge in [0.15, 0.2) is 5.75 Å². The van der Waals surface area contributed by atoms with Gasteiger partial charge < -0.3 is 9.64 Å². The number of hydrogen-bond donors (Lipinski definition) is 2. The van der Waals surface area contributed by atoms with Crippen LogP contribution in [0.2, 0.25) is 0 Å².